The first-order chi connectivity index (χ1) is 20.0. The third kappa shape index (κ3) is 5.68. The fourth-order valence-electron chi connectivity index (χ4n) is 5.51. The summed E-state index contributed by atoms with van der Waals surface area (Å²) in [7, 11) is 0. The van der Waals surface area contributed by atoms with E-state index in [2.05, 4.69) is 46.5 Å². The largest absolute Gasteiger partial charge is 0.445 e. The summed E-state index contributed by atoms with van der Waals surface area (Å²) >= 11 is 0. The highest BCUT2D eigenvalue weighted by molar-refractivity contribution is 5.93. The highest BCUT2D eigenvalue weighted by atomic mass is 16.6. The number of nitrogens with two attached hydrogens (primary N) is 1. The van der Waals surface area contributed by atoms with Crippen molar-refractivity contribution in [3.8, 4) is 0 Å². The number of amides is 1. The zero-order valence-corrected chi connectivity index (χ0v) is 23.1. The van der Waals surface area contributed by atoms with Gasteiger partial charge in [-0.3, -0.25) is 0 Å². The fourth-order valence-corrected chi connectivity index (χ4v) is 5.51. The fraction of sp³-hybridized carbons (Fsp3) is 0.250. The van der Waals surface area contributed by atoms with Crippen LogP contribution in [0.3, 0.4) is 0 Å². The van der Waals surface area contributed by atoms with E-state index in [1.54, 1.807) is 12.5 Å². The van der Waals surface area contributed by atoms with E-state index in [1.807, 2.05) is 65.6 Å². The lowest BCUT2D eigenvalue weighted by atomic mass is 10.0. The number of carbonyl (C=O) groups excluding carboxylic acids is 1. The van der Waals surface area contributed by atoms with Gasteiger partial charge in [0.25, 0.3) is 5.82 Å². The van der Waals surface area contributed by atoms with Crippen LogP contribution in [0.15, 0.2) is 96.1 Å². The molecule has 4 aromatic rings. The molecule has 0 aliphatic carbocycles. The highest BCUT2D eigenvalue weighted by Gasteiger charge is 2.39. The molecular weight excluding hydrogens is 514 g/mol. The molecular formula is C32H34N7O2+. The van der Waals surface area contributed by atoms with Crippen LogP contribution in [0.1, 0.15) is 42.5 Å². The van der Waals surface area contributed by atoms with Gasteiger partial charge in [0.2, 0.25) is 12.3 Å². The quantitative estimate of drug-likeness (QED) is 0.201. The summed E-state index contributed by atoms with van der Waals surface area (Å²) in [6, 6.07) is 27.9. The maximum atomic E-state index is 12.9. The van der Waals surface area contributed by atoms with Crippen LogP contribution < -0.4 is 15.8 Å². The van der Waals surface area contributed by atoms with Crippen LogP contribution >= 0.6 is 0 Å². The second-order valence-corrected chi connectivity index (χ2v) is 10.6. The summed E-state index contributed by atoms with van der Waals surface area (Å²) in [6.07, 6.45) is 5.73. The lowest BCUT2D eigenvalue weighted by Gasteiger charge is -2.25. The number of carbonyl (C=O) groups is 1. The molecule has 1 amide bonds. The van der Waals surface area contributed by atoms with Crippen molar-refractivity contribution in [3.05, 3.63) is 108 Å². The highest BCUT2D eigenvalue weighted by Crippen LogP contribution is 2.41. The zero-order chi connectivity index (χ0) is 28.2. The average molecular weight is 549 g/mol. The molecule has 1 fully saturated rings. The summed E-state index contributed by atoms with van der Waals surface area (Å²) in [4.78, 5) is 28.6. The Labute approximate surface area is 239 Å². The Hall–Kier alpha value is -4.60. The predicted molar refractivity (Wildman–Crippen MR) is 161 cm³/mol. The first-order valence-corrected chi connectivity index (χ1v) is 14.0. The molecule has 3 atom stereocenters. The van der Waals surface area contributed by atoms with Crippen LogP contribution in [0.5, 0.6) is 0 Å². The number of nitrogens with one attached hydrogen (secondary N) is 1. The number of aliphatic imine (C=N–C) groups is 1. The molecule has 3 heterocycles. The molecule has 1 saturated heterocycles. The molecule has 9 nitrogen and oxygen atoms in total. The predicted octanol–water partition coefficient (Wildman–Crippen LogP) is 6.18. The van der Waals surface area contributed by atoms with Crippen LogP contribution in [-0.2, 0) is 17.8 Å². The molecule has 6 rings (SSSR count). The minimum atomic E-state index is -0.268. The topological polar surface area (TPSA) is 106 Å². The Bertz CT molecular complexity index is 1550. The molecule has 208 valence electrons. The van der Waals surface area contributed by atoms with Crippen molar-refractivity contribution in [3.63, 3.8) is 0 Å². The van der Waals surface area contributed by atoms with Crippen LogP contribution in [0.2, 0.25) is 0 Å². The van der Waals surface area contributed by atoms with E-state index < -0.39 is 0 Å². The van der Waals surface area contributed by atoms with Gasteiger partial charge >= 0.3 is 6.09 Å². The molecule has 0 bridgehead atoms. The van der Waals surface area contributed by atoms with Gasteiger partial charge in [0.05, 0.1) is 6.04 Å². The number of aromatic nitrogens is 2. The van der Waals surface area contributed by atoms with E-state index in [0.717, 1.165) is 40.9 Å². The van der Waals surface area contributed by atoms with Crippen molar-refractivity contribution in [1.82, 2.24) is 19.5 Å². The maximum absolute atomic E-state index is 12.9. The van der Waals surface area contributed by atoms with Crippen LogP contribution in [0.25, 0.3) is 0 Å². The van der Waals surface area contributed by atoms with Crippen molar-refractivity contribution in [2.45, 2.75) is 44.9 Å². The van der Waals surface area contributed by atoms with Gasteiger partial charge in [0, 0.05) is 30.9 Å². The normalized spacial score (nSPS) is 20.0. The summed E-state index contributed by atoms with van der Waals surface area (Å²) in [5.41, 5.74) is 4.83. The van der Waals surface area contributed by atoms with Crippen molar-refractivity contribution in [2.24, 2.45) is 10.8 Å². The SMILES string of the molecule is CC(Nc1nccc([N+]2(N)C=Nc3ccc(CC4CCCN4C(=O)OCc4ccccc4)cc32)n1)c1ccccc1. The number of hydrogen-bond acceptors (Lipinski definition) is 7. The number of anilines is 1. The van der Waals surface area contributed by atoms with Gasteiger partial charge in [-0.05, 0) is 48.9 Å². The van der Waals surface area contributed by atoms with Gasteiger partial charge in [0.1, 0.15) is 12.3 Å². The Morgan fingerprint density at radius 2 is 1.85 bits per heavy atom. The second kappa shape index (κ2) is 11.5. The van der Waals surface area contributed by atoms with Gasteiger partial charge in [0.15, 0.2) is 5.69 Å². The average Bonchev–Trinajstić information content (AvgIpc) is 3.62. The lowest BCUT2D eigenvalue weighted by molar-refractivity contribution is 0.0921. The summed E-state index contributed by atoms with van der Waals surface area (Å²) in [5.74, 6) is 8.04. The molecule has 3 N–H and O–H groups in total. The molecule has 0 saturated carbocycles. The molecule has 1 aromatic heterocycles. The third-order valence-electron chi connectivity index (χ3n) is 7.77. The summed E-state index contributed by atoms with van der Waals surface area (Å²) in [5, 5.41) is 3.38. The van der Waals surface area contributed by atoms with E-state index in [0.29, 0.717) is 24.7 Å². The molecule has 2 aliphatic heterocycles. The number of likely N-dealkylation sites (tertiary alicyclic amines) is 1. The van der Waals surface area contributed by atoms with Crippen molar-refractivity contribution in [1.29, 1.82) is 0 Å². The Balaban J connectivity index is 1.17. The van der Waals surface area contributed by atoms with Gasteiger partial charge in [-0.25, -0.2) is 9.78 Å². The molecule has 0 spiro atoms. The molecule has 41 heavy (non-hydrogen) atoms. The zero-order valence-electron chi connectivity index (χ0n) is 23.1. The van der Waals surface area contributed by atoms with E-state index in [1.165, 1.54) is 0 Å². The number of rotatable bonds is 8. The maximum Gasteiger partial charge on any atom is 0.410 e. The Kier molecular flexibility index (Phi) is 7.45. The number of ether oxygens (including phenoxy) is 1. The molecule has 3 unspecified atom stereocenters. The van der Waals surface area contributed by atoms with Crippen LogP contribution in [0.4, 0.5) is 27.9 Å². The van der Waals surface area contributed by atoms with E-state index in [9.17, 15) is 4.79 Å². The van der Waals surface area contributed by atoms with E-state index in [4.69, 9.17) is 15.6 Å². The molecule has 3 aromatic carbocycles. The number of benzene rings is 3. The molecule has 9 heteroatoms. The van der Waals surface area contributed by atoms with E-state index >= 15 is 0 Å². The Morgan fingerprint density at radius 3 is 2.66 bits per heavy atom. The van der Waals surface area contributed by atoms with Gasteiger partial charge in [-0.2, -0.15) is 15.8 Å². The van der Waals surface area contributed by atoms with Crippen molar-refractivity contribution < 1.29 is 9.53 Å². The lowest BCUT2D eigenvalue weighted by Crippen LogP contribution is -2.49. The van der Waals surface area contributed by atoms with Crippen molar-refractivity contribution in [2.75, 3.05) is 11.9 Å². The molecule has 0 radical (unpaired) electrons. The summed E-state index contributed by atoms with van der Waals surface area (Å²) < 4.78 is 5.48. The minimum Gasteiger partial charge on any atom is -0.445 e. The van der Waals surface area contributed by atoms with E-state index in [-0.39, 0.29) is 29.4 Å². The van der Waals surface area contributed by atoms with Crippen LogP contribution in [0, 0.1) is 0 Å². The van der Waals surface area contributed by atoms with Gasteiger partial charge < -0.3 is 15.0 Å². The third-order valence-corrected chi connectivity index (χ3v) is 7.77. The number of fused-ring (bicyclic) bond motifs is 1. The summed E-state index contributed by atoms with van der Waals surface area (Å²) in [6.45, 7) is 3.04. The first-order valence-electron chi connectivity index (χ1n) is 14.0. The first kappa shape index (κ1) is 26.6. The standard InChI is InChI=1S/C32H34N7O2/c1-23(26-11-6-3-7-12-26)36-31-34-17-16-30(37-31)39(33)22-35-28-15-14-25(20-29(28)39)19-27-13-8-18-38(27)32(40)41-21-24-9-4-2-5-10-24/h2-7,9-12,14-17,20,22-23,27H,8,13,18-19,21,33H2,1H3,(H,34,36,37)/q+1. The van der Waals surface area contributed by atoms with Crippen LogP contribution in [-0.4, -0.2) is 39.9 Å². The number of quaternary nitrogens is 1. The monoisotopic (exact) mass is 548 g/mol. The molecule has 2 aliphatic rings. The van der Waals surface area contributed by atoms with Gasteiger partial charge in [-0.1, -0.05) is 66.7 Å². The van der Waals surface area contributed by atoms with Crippen molar-refractivity contribution >= 4 is 35.6 Å². The van der Waals surface area contributed by atoms with Gasteiger partial charge in [-0.15, -0.1) is 4.59 Å². The Morgan fingerprint density at radius 1 is 1.07 bits per heavy atom. The minimum absolute atomic E-state index is 0.0255. The number of hydrogen-bond donors (Lipinski definition) is 2. The second-order valence-electron chi connectivity index (χ2n) is 10.6. The smallest absolute Gasteiger partial charge is 0.410 e. The number of nitrogens with zero attached hydrogens (tertiary/aromatic N) is 5.